The number of halogens is 1. The van der Waals surface area contributed by atoms with Crippen LogP contribution < -0.4 is 4.72 Å². The molecule has 0 bridgehead atoms. The summed E-state index contributed by atoms with van der Waals surface area (Å²) in [6.45, 7) is -0.0139. The highest BCUT2D eigenvalue weighted by Crippen LogP contribution is 2.20. The maximum absolute atomic E-state index is 12.0. The maximum atomic E-state index is 12.0. The van der Waals surface area contributed by atoms with Crippen LogP contribution in [0.5, 0.6) is 0 Å². The summed E-state index contributed by atoms with van der Waals surface area (Å²) in [5.74, 6) is 0.392. The third-order valence-electron chi connectivity index (χ3n) is 2.30. The number of nitriles is 1. The van der Waals surface area contributed by atoms with Crippen molar-refractivity contribution in [1.29, 1.82) is 5.26 Å². The van der Waals surface area contributed by atoms with Gasteiger partial charge in [-0.25, -0.2) is 13.1 Å². The molecule has 6 nitrogen and oxygen atoms in total. The SMILES string of the molecule is N#Cc1ccc(S(=O)(=O)NCc2ccno2)cc1Cl. The quantitative estimate of drug-likeness (QED) is 0.926. The highest BCUT2D eigenvalue weighted by atomic mass is 35.5. The molecule has 19 heavy (non-hydrogen) atoms. The lowest BCUT2D eigenvalue weighted by Gasteiger charge is -2.05. The van der Waals surface area contributed by atoms with Crippen molar-refractivity contribution in [3.8, 4) is 6.07 Å². The summed E-state index contributed by atoms with van der Waals surface area (Å²) in [6, 6.07) is 7.30. The number of hydrogen-bond donors (Lipinski definition) is 1. The maximum Gasteiger partial charge on any atom is 0.241 e. The van der Waals surface area contributed by atoms with E-state index in [1.54, 1.807) is 6.07 Å². The molecule has 0 aliphatic carbocycles. The van der Waals surface area contributed by atoms with Crippen molar-refractivity contribution < 1.29 is 12.9 Å². The van der Waals surface area contributed by atoms with E-state index in [1.807, 2.05) is 6.07 Å². The first kappa shape index (κ1) is 13.5. The number of sulfonamides is 1. The molecule has 0 aliphatic heterocycles. The lowest BCUT2D eigenvalue weighted by atomic mass is 10.2. The number of rotatable bonds is 4. The number of hydrogen-bond acceptors (Lipinski definition) is 5. The van der Waals surface area contributed by atoms with E-state index in [0.29, 0.717) is 5.76 Å². The molecule has 0 fully saturated rings. The molecule has 0 atom stereocenters. The molecule has 1 heterocycles. The third-order valence-corrected chi connectivity index (χ3v) is 4.01. The molecule has 0 amide bonds. The first-order valence-electron chi connectivity index (χ1n) is 5.12. The van der Waals surface area contributed by atoms with Gasteiger partial charge in [0, 0.05) is 6.07 Å². The van der Waals surface area contributed by atoms with Gasteiger partial charge >= 0.3 is 0 Å². The van der Waals surface area contributed by atoms with Gasteiger partial charge < -0.3 is 4.52 Å². The van der Waals surface area contributed by atoms with Crippen LogP contribution in [0.1, 0.15) is 11.3 Å². The average Bonchev–Trinajstić information content (AvgIpc) is 2.89. The van der Waals surface area contributed by atoms with Crippen LogP contribution in [0.3, 0.4) is 0 Å². The fourth-order valence-corrected chi connectivity index (χ4v) is 2.64. The van der Waals surface area contributed by atoms with Crippen molar-refractivity contribution in [2.75, 3.05) is 0 Å². The Morgan fingerprint density at radius 3 is 2.79 bits per heavy atom. The molecule has 1 aromatic heterocycles. The van der Waals surface area contributed by atoms with Crippen LogP contribution in [0.2, 0.25) is 5.02 Å². The van der Waals surface area contributed by atoms with Crippen LogP contribution in [0.4, 0.5) is 0 Å². The molecule has 0 saturated heterocycles. The summed E-state index contributed by atoms with van der Waals surface area (Å²) in [5, 5.41) is 12.3. The molecule has 2 aromatic rings. The van der Waals surface area contributed by atoms with E-state index in [1.165, 1.54) is 24.4 Å². The van der Waals surface area contributed by atoms with Gasteiger partial charge in [-0.05, 0) is 18.2 Å². The second kappa shape index (κ2) is 5.40. The van der Waals surface area contributed by atoms with E-state index in [-0.39, 0.29) is 22.0 Å². The van der Waals surface area contributed by atoms with E-state index in [9.17, 15) is 8.42 Å². The second-order valence-electron chi connectivity index (χ2n) is 3.56. The fourth-order valence-electron chi connectivity index (χ4n) is 1.34. The van der Waals surface area contributed by atoms with Crippen molar-refractivity contribution >= 4 is 21.6 Å². The molecule has 98 valence electrons. The summed E-state index contributed by atoms with van der Waals surface area (Å²) in [6.07, 6.45) is 1.42. The first-order chi connectivity index (χ1) is 9.03. The Morgan fingerprint density at radius 1 is 1.42 bits per heavy atom. The number of nitrogens with zero attached hydrogens (tertiary/aromatic N) is 2. The van der Waals surface area contributed by atoms with Gasteiger partial charge in [0.05, 0.1) is 28.2 Å². The van der Waals surface area contributed by atoms with Gasteiger partial charge in [0.15, 0.2) is 5.76 Å². The summed E-state index contributed by atoms with van der Waals surface area (Å²) >= 11 is 5.79. The zero-order valence-corrected chi connectivity index (χ0v) is 11.1. The molecule has 1 N–H and O–H groups in total. The Labute approximate surface area is 114 Å². The minimum absolute atomic E-state index is 0.0139. The van der Waals surface area contributed by atoms with Gasteiger partial charge in [-0.15, -0.1) is 0 Å². The highest BCUT2D eigenvalue weighted by molar-refractivity contribution is 7.89. The summed E-state index contributed by atoms with van der Waals surface area (Å²) in [4.78, 5) is -0.0176. The molecule has 0 saturated carbocycles. The largest absolute Gasteiger partial charge is 0.360 e. The standard InChI is InChI=1S/C11H8ClN3O3S/c12-11-5-10(2-1-8(11)6-13)19(16,17)15-7-9-3-4-14-18-9/h1-5,15H,7H2. The van der Waals surface area contributed by atoms with Crippen molar-refractivity contribution in [3.63, 3.8) is 0 Å². The Bertz CT molecular complexity index is 720. The zero-order chi connectivity index (χ0) is 13.9. The Morgan fingerprint density at radius 2 is 2.21 bits per heavy atom. The van der Waals surface area contributed by atoms with E-state index >= 15 is 0 Å². The number of aromatic nitrogens is 1. The molecular formula is C11H8ClN3O3S. The van der Waals surface area contributed by atoms with Crippen molar-refractivity contribution in [1.82, 2.24) is 9.88 Å². The van der Waals surface area contributed by atoms with Crippen LogP contribution in [0.15, 0.2) is 39.9 Å². The average molecular weight is 298 g/mol. The highest BCUT2D eigenvalue weighted by Gasteiger charge is 2.16. The Balaban J connectivity index is 2.20. The van der Waals surface area contributed by atoms with E-state index in [0.717, 1.165) is 0 Å². The zero-order valence-electron chi connectivity index (χ0n) is 9.50. The van der Waals surface area contributed by atoms with Crippen LogP contribution in [-0.2, 0) is 16.6 Å². The van der Waals surface area contributed by atoms with Gasteiger partial charge in [-0.1, -0.05) is 16.8 Å². The molecule has 0 spiro atoms. The number of benzene rings is 1. The predicted molar refractivity (Wildman–Crippen MR) is 66.7 cm³/mol. The minimum atomic E-state index is -3.72. The summed E-state index contributed by atoms with van der Waals surface area (Å²) < 4.78 is 31.0. The fraction of sp³-hybridized carbons (Fsp3) is 0.0909. The van der Waals surface area contributed by atoms with Crippen LogP contribution in [-0.4, -0.2) is 13.6 Å². The minimum Gasteiger partial charge on any atom is -0.360 e. The van der Waals surface area contributed by atoms with Gasteiger partial charge in [0.1, 0.15) is 6.07 Å². The van der Waals surface area contributed by atoms with Gasteiger partial charge in [-0.2, -0.15) is 5.26 Å². The molecular weight excluding hydrogens is 290 g/mol. The van der Waals surface area contributed by atoms with Gasteiger partial charge in [0.2, 0.25) is 10.0 Å². The third kappa shape index (κ3) is 3.12. The summed E-state index contributed by atoms with van der Waals surface area (Å²) in [5.41, 5.74) is 0.218. The molecule has 8 heteroatoms. The predicted octanol–water partition coefficient (Wildman–Crippen LogP) is 1.68. The molecule has 1 aromatic carbocycles. The second-order valence-corrected chi connectivity index (χ2v) is 5.73. The first-order valence-corrected chi connectivity index (χ1v) is 6.98. The topological polar surface area (TPSA) is 96.0 Å². The van der Waals surface area contributed by atoms with Crippen LogP contribution >= 0.6 is 11.6 Å². The smallest absolute Gasteiger partial charge is 0.241 e. The lowest BCUT2D eigenvalue weighted by molar-refractivity contribution is 0.380. The Kier molecular flexibility index (Phi) is 3.85. The van der Waals surface area contributed by atoms with Gasteiger partial charge in [0.25, 0.3) is 0 Å². The number of nitrogens with one attached hydrogen (secondary N) is 1. The van der Waals surface area contributed by atoms with Crippen LogP contribution in [0.25, 0.3) is 0 Å². The molecule has 0 aliphatic rings. The lowest BCUT2D eigenvalue weighted by Crippen LogP contribution is -2.23. The van der Waals surface area contributed by atoms with E-state index in [2.05, 4.69) is 9.88 Å². The van der Waals surface area contributed by atoms with Crippen molar-refractivity contribution in [3.05, 3.63) is 46.8 Å². The van der Waals surface area contributed by atoms with E-state index in [4.69, 9.17) is 21.4 Å². The van der Waals surface area contributed by atoms with E-state index < -0.39 is 10.0 Å². The Hall–Kier alpha value is -1.88. The summed E-state index contributed by atoms with van der Waals surface area (Å²) in [7, 11) is -3.72. The normalized spacial score (nSPS) is 11.2. The molecule has 0 radical (unpaired) electrons. The van der Waals surface area contributed by atoms with Gasteiger partial charge in [-0.3, -0.25) is 0 Å². The van der Waals surface area contributed by atoms with Crippen molar-refractivity contribution in [2.24, 2.45) is 0 Å². The molecule has 0 unspecified atom stereocenters. The van der Waals surface area contributed by atoms with Crippen LogP contribution in [0, 0.1) is 11.3 Å². The van der Waals surface area contributed by atoms with Crippen molar-refractivity contribution in [2.45, 2.75) is 11.4 Å². The molecule has 2 rings (SSSR count). The monoisotopic (exact) mass is 297 g/mol.